The molecule has 220 valence electrons. The van der Waals surface area contributed by atoms with Crippen LogP contribution in [0.5, 0.6) is 0 Å². The van der Waals surface area contributed by atoms with Crippen LogP contribution in [0, 0.1) is 11.3 Å². The number of guanidine groups is 1. The Morgan fingerprint density at radius 3 is 2.10 bits per heavy atom. The number of anilines is 2. The van der Waals surface area contributed by atoms with Crippen molar-refractivity contribution in [3.8, 4) is 0 Å². The molecule has 0 unspecified atom stereocenters. The topological polar surface area (TPSA) is 106 Å². The fraction of sp³-hybridized carbons (Fsp3) is 0.500. The highest BCUT2D eigenvalue weighted by molar-refractivity contribution is 6.01. The summed E-state index contributed by atoms with van der Waals surface area (Å²) in [7, 11) is 3.15. The summed E-state index contributed by atoms with van der Waals surface area (Å²) >= 11 is 0. The van der Waals surface area contributed by atoms with E-state index >= 15 is 0 Å². The number of halogens is 6. The maximum Gasteiger partial charge on any atom is 0.416 e. The molecule has 8 nitrogen and oxygen atoms in total. The van der Waals surface area contributed by atoms with Gasteiger partial charge in [0.2, 0.25) is 5.96 Å². The van der Waals surface area contributed by atoms with Crippen molar-refractivity contribution in [3.63, 3.8) is 0 Å². The molecule has 0 amide bonds. The largest absolute Gasteiger partial charge is 0.416 e. The summed E-state index contributed by atoms with van der Waals surface area (Å²) in [6.07, 6.45) is -7.78. The van der Waals surface area contributed by atoms with Gasteiger partial charge in [-0.05, 0) is 62.4 Å². The van der Waals surface area contributed by atoms with Gasteiger partial charge in [-0.3, -0.25) is 0 Å². The molecular weight excluding hydrogens is 538 g/mol. The maximum atomic E-state index is 13.5. The van der Waals surface area contributed by atoms with Gasteiger partial charge in [0.1, 0.15) is 11.6 Å². The normalized spacial score (nSPS) is 14.2. The molecule has 0 aliphatic heterocycles. The zero-order valence-electron chi connectivity index (χ0n) is 22.8. The molecule has 0 radical (unpaired) electrons. The number of rotatable bonds is 11. The van der Waals surface area contributed by atoms with Crippen LogP contribution in [0.25, 0.3) is 0 Å². The summed E-state index contributed by atoms with van der Waals surface area (Å²) < 4.78 is 81.0. The molecule has 40 heavy (non-hydrogen) atoms. The Balaban J connectivity index is 2.12. The number of nitrogens with two attached hydrogens (primary N) is 1. The molecule has 0 spiro atoms. The van der Waals surface area contributed by atoms with Gasteiger partial charge in [0.15, 0.2) is 0 Å². The van der Waals surface area contributed by atoms with Crippen molar-refractivity contribution >= 4 is 23.3 Å². The molecule has 0 bridgehead atoms. The van der Waals surface area contributed by atoms with Crippen molar-refractivity contribution in [1.82, 2.24) is 15.3 Å². The summed E-state index contributed by atoms with van der Waals surface area (Å²) in [5.41, 5.74) is 6.93. The van der Waals surface area contributed by atoms with Gasteiger partial charge in [-0.2, -0.15) is 26.3 Å². The molecule has 3 rings (SSSR count). The van der Waals surface area contributed by atoms with E-state index in [-0.39, 0.29) is 29.8 Å². The fourth-order valence-electron chi connectivity index (χ4n) is 4.33. The van der Waals surface area contributed by atoms with E-state index in [0.717, 1.165) is 19.4 Å². The van der Waals surface area contributed by atoms with Gasteiger partial charge < -0.3 is 31.7 Å². The molecular formula is C26H34F6N8. The molecule has 1 saturated carbocycles. The first-order valence-corrected chi connectivity index (χ1v) is 12.7. The fourth-order valence-corrected chi connectivity index (χ4v) is 4.33. The molecule has 14 heteroatoms. The minimum atomic E-state index is -4.98. The second-order valence-corrected chi connectivity index (χ2v) is 9.69. The standard InChI is InChI=1S/C26H34F6N8/c1-5-39(12-16-6-7-16)23-18(10-21(15(2)33)22(35-3)37-23)14-40(24(34)38-36-4)13-17-8-19(25(27,28)29)11-20(9-17)26(30,31)32/h8-11,16,33,36H,5-7,12-14H2,1-4H3,(H2,34,38)(H,35,37). The van der Waals surface area contributed by atoms with Crippen LogP contribution in [0.2, 0.25) is 0 Å². The average Bonchev–Trinajstić information content (AvgIpc) is 3.69. The van der Waals surface area contributed by atoms with E-state index in [4.69, 9.17) is 16.1 Å². The second-order valence-electron chi connectivity index (χ2n) is 9.69. The maximum absolute atomic E-state index is 13.5. The molecule has 1 aromatic carbocycles. The predicted octanol–water partition coefficient (Wildman–Crippen LogP) is 5.24. The highest BCUT2D eigenvalue weighted by Crippen LogP contribution is 2.37. The Bertz CT molecular complexity index is 1200. The third-order valence-corrected chi connectivity index (χ3v) is 6.51. The number of benzene rings is 1. The van der Waals surface area contributed by atoms with Gasteiger partial charge >= 0.3 is 12.4 Å². The molecule has 2 aromatic rings. The number of pyridine rings is 1. The van der Waals surface area contributed by atoms with Crippen molar-refractivity contribution in [2.45, 2.75) is 52.1 Å². The Hall–Kier alpha value is -3.71. The van der Waals surface area contributed by atoms with Gasteiger partial charge in [0.05, 0.1) is 11.1 Å². The Morgan fingerprint density at radius 2 is 1.65 bits per heavy atom. The highest BCUT2D eigenvalue weighted by Gasteiger charge is 2.37. The molecule has 1 aromatic heterocycles. The number of aromatic nitrogens is 1. The van der Waals surface area contributed by atoms with Crippen molar-refractivity contribution in [2.24, 2.45) is 16.8 Å². The summed E-state index contributed by atoms with van der Waals surface area (Å²) in [6.45, 7) is 4.49. The van der Waals surface area contributed by atoms with Gasteiger partial charge in [-0.25, -0.2) is 4.98 Å². The number of hydrogen-bond donors (Lipinski definition) is 4. The lowest BCUT2D eigenvalue weighted by atomic mass is 10.0. The highest BCUT2D eigenvalue weighted by atomic mass is 19.4. The first-order chi connectivity index (χ1) is 18.7. The third kappa shape index (κ3) is 7.69. The minimum Gasteiger partial charge on any atom is -0.373 e. The first-order valence-electron chi connectivity index (χ1n) is 12.7. The summed E-state index contributed by atoms with van der Waals surface area (Å²) in [5, 5.41) is 15.2. The second kappa shape index (κ2) is 12.2. The molecule has 5 N–H and O–H groups in total. The van der Waals surface area contributed by atoms with Crippen LogP contribution >= 0.6 is 0 Å². The lowest BCUT2D eigenvalue weighted by Crippen LogP contribution is -2.38. The minimum absolute atomic E-state index is 0.0393. The van der Waals surface area contributed by atoms with E-state index in [1.807, 2.05) is 6.92 Å². The lowest BCUT2D eigenvalue weighted by Gasteiger charge is -2.30. The van der Waals surface area contributed by atoms with Crippen LogP contribution in [0.3, 0.4) is 0 Å². The third-order valence-electron chi connectivity index (χ3n) is 6.51. The van der Waals surface area contributed by atoms with Gasteiger partial charge in [0.25, 0.3) is 0 Å². The van der Waals surface area contributed by atoms with E-state index in [1.165, 1.54) is 11.9 Å². The smallest absolute Gasteiger partial charge is 0.373 e. The average molecular weight is 573 g/mol. The van der Waals surface area contributed by atoms with Crippen molar-refractivity contribution < 1.29 is 26.3 Å². The number of nitrogens with zero attached hydrogens (tertiary/aromatic N) is 4. The van der Waals surface area contributed by atoms with E-state index in [1.54, 1.807) is 20.0 Å². The van der Waals surface area contributed by atoms with Gasteiger partial charge in [-0.15, -0.1) is 5.10 Å². The number of alkyl halides is 6. The van der Waals surface area contributed by atoms with E-state index in [9.17, 15) is 26.3 Å². The Kier molecular flexibility index (Phi) is 9.41. The Labute approximate surface area is 229 Å². The zero-order chi connectivity index (χ0) is 29.8. The van der Waals surface area contributed by atoms with Gasteiger partial charge in [0, 0.05) is 57.1 Å². The predicted molar refractivity (Wildman–Crippen MR) is 143 cm³/mol. The molecule has 1 aliphatic rings. The van der Waals surface area contributed by atoms with E-state index < -0.39 is 30.0 Å². The molecule has 0 saturated heterocycles. The monoisotopic (exact) mass is 572 g/mol. The zero-order valence-corrected chi connectivity index (χ0v) is 22.8. The van der Waals surface area contributed by atoms with Crippen molar-refractivity contribution in [3.05, 3.63) is 52.1 Å². The summed E-state index contributed by atoms with van der Waals surface area (Å²) in [6, 6.07) is 3.19. The lowest BCUT2D eigenvalue weighted by molar-refractivity contribution is -0.143. The quantitative estimate of drug-likeness (QED) is 0.127. The summed E-state index contributed by atoms with van der Waals surface area (Å²) in [4.78, 5) is 8.23. The Morgan fingerprint density at radius 1 is 1.05 bits per heavy atom. The van der Waals surface area contributed by atoms with Crippen LogP contribution < -0.4 is 21.4 Å². The SMILES string of the molecule is CCN(CC1CC1)c1nc(NC)c(C(C)=N)cc1CN(Cc1cc(C(F)(F)F)cc(C(F)(F)F)c1)/C(N)=N/NC. The van der Waals surface area contributed by atoms with Crippen molar-refractivity contribution in [1.29, 1.82) is 5.41 Å². The van der Waals surface area contributed by atoms with E-state index in [2.05, 4.69) is 20.7 Å². The van der Waals surface area contributed by atoms with Gasteiger partial charge in [-0.1, -0.05) is 0 Å². The number of nitrogens with one attached hydrogen (secondary N) is 3. The van der Waals surface area contributed by atoms with Crippen molar-refractivity contribution in [2.75, 3.05) is 37.4 Å². The summed E-state index contributed by atoms with van der Waals surface area (Å²) in [5.74, 6) is 1.44. The number of hydrazone groups is 1. The van der Waals surface area contributed by atoms with Crippen LogP contribution in [0.15, 0.2) is 29.4 Å². The van der Waals surface area contributed by atoms with Crippen LogP contribution in [0.1, 0.15) is 54.5 Å². The number of hydrogen-bond acceptors (Lipinski definition) is 6. The molecule has 1 aliphatic carbocycles. The van der Waals surface area contributed by atoms with Crippen LogP contribution in [-0.4, -0.2) is 48.7 Å². The van der Waals surface area contributed by atoms with Crippen LogP contribution in [-0.2, 0) is 25.4 Å². The molecule has 1 fully saturated rings. The van der Waals surface area contributed by atoms with E-state index in [0.29, 0.717) is 47.4 Å². The first kappa shape index (κ1) is 30.8. The van der Waals surface area contributed by atoms with Crippen LogP contribution in [0.4, 0.5) is 38.0 Å². The molecule has 0 atom stereocenters. The molecule has 1 heterocycles.